The molecule has 28 heavy (non-hydrogen) atoms. The fourth-order valence-corrected chi connectivity index (χ4v) is 4.34. The summed E-state index contributed by atoms with van der Waals surface area (Å²) in [5, 5.41) is 0.746. The Morgan fingerprint density at radius 3 is 2.82 bits per heavy atom. The summed E-state index contributed by atoms with van der Waals surface area (Å²) in [6.07, 6.45) is 4.75. The van der Waals surface area contributed by atoms with Gasteiger partial charge in [-0.3, -0.25) is 0 Å². The van der Waals surface area contributed by atoms with Crippen LogP contribution in [0.1, 0.15) is 19.3 Å². The zero-order valence-corrected chi connectivity index (χ0v) is 16.0. The Kier molecular flexibility index (Phi) is 4.32. The van der Waals surface area contributed by atoms with Gasteiger partial charge in [0.05, 0.1) is 0 Å². The van der Waals surface area contributed by atoms with Crippen LogP contribution in [-0.2, 0) is 6.54 Å². The van der Waals surface area contributed by atoms with Crippen molar-refractivity contribution in [2.75, 3.05) is 12.5 Å². The van der Waals surface area contributed by atoms with Gasteiger partial charge in [0.15, 0.2) is 33.6 Å². The first-order valence-electron chi connectivity index (χ1n) is 9.19. The van der Waals surface area contributed by atoms with Crippen LogP contribution in [0.15, 0.2) is 28.5 Å². The van der Waals surface area contributed by atoms with Gasteiger partial charge in [0, 0.05) is 17.5 Å². The Hall–Kier alpha value is -2.46. The van der Waals surface area contributed by atoms with Crippen molar-refractivity contribution in [2.24, 2.45) is 11.7 Å². The van der Waals surface area contributed by atoms with Crippen LogP contribution in [0.3, 0.4) is 0 Å². The van der Waals surface area contributed by atoms with E-state index in [1.165, 1.54) is 30.9 Å². The van der Waals surface area contributed by atoms with Crippen molar-refractivity contribution in [3.8, 4) is 11.5 Å². The van der Waals surface area contributed by atoms with Crippen molar-refractivity contribution >= 4 is 42.1 Å². The third-order valence-electron chi connectivity index (χ3n) is 5.15. The summed E-state index contributed by atoms with van der Waals surface area (Å²) in [7, 11) is 6.22. The highest BCUT2D eigenvalue weighted by Gasteiger charge is 2.28. The quantitative estimate of drug-likeness (QED) is 0.600. The van der Waals surface area contributed by atoms with Crippen LogP contribution in [0.2, 0.25) is 0 Å². The van der Waals surface area contributed by atoms with Crippen LogP contribution in [0.25, 0.3) is 11.2 Å². The lowest BCUT2D eigenvalue weighted by molar-refractivity contribution is 0.174. The highest BCUT2D eigenvalue weighted by atomic mass is 32.2. The summed E-state index contributed by atoms with van der Waals surface area (Å²) in [5.74, 6) is 2.32. The molecule has 142 valence electrons. The van der Waals surface area contributed by atoms with Gasteiger partial charge in [-0.1, -0.05) is 17.2 Å². The van der Waals surface area contributed by atoms with Crippen LogP contribution in [0, 0.1) is 5.92 Å². The van der Waals surface area contributed by atoms with Gasteiger partial charge in [0.2, 0.25) is 6.79 Å². The van der Waals surface area contributed by atoms with Crippen molar-refractivity contribution in [2.45, 2.75) is 41.9 Å². The number of imidazole rings is 1. The maximum Gasteiger partial charge on any atom is 0.231 e. The molecule has 1 atom stereocenters. The normalized spacial score (nSPS) is 16.6. The number of aromatic nitrogens is 4. The lowest BCUT2D eigenvalue weighted by Crippen LogP contribution is -2.24. The molecule has 2 aliphatic rings. The average Bonchev–Trinajstić information content (AvgIpc) is 3.34. The number of hydrogen-bond acceptors (Lipinski definition) is 8. The average molecular weight is 394 g/mol. The topological polar surface area (TPSA) is 114 Å². The monoisotopic (exact) mass is 394 g/mol. The number of hydrogen-bond donors (Lipinski definition) is 2. The number of anilines is 1. The molecule has 1 saturated carbocycles. The van der Waals surface area contributed by atoms with Gasteiger partial charge in [-0.25, -0.2) is 15.0 Å². The predicted octanol–water partition coefficient (Wildman–Crippen LogP) is 1.21. The number of nitrogen functional groups attached to an aromatic ring is 1. The van der Waals surface area contributed by atoms with E-state index in [0.29, 0.717) is 46.4 Å². The zero-order chi connectivity index (χ0) is 19.3. The minimum atomic E-state index is 0.185. The zero-order valence-electron chi connectivity index (χ0n) is 15.2. The van der Waals surface area contributed by atoms with Gasteiger partial charge in [-0.05, 0) is 37.3 Å². The van der Waals surface area contributed by atoms with Gasteiger partial charge >= 0.3 is 0 Å². The fraction of sp³-hybridized carbons (Fsp3) is 0.389. The molecule has 5 rings (SSSR count). The van der Waals surface area contributed by atoms with Crippen molar-refractivity contribution in [3.05, 3.63) is 18.5 Å². The summed E-state index contributed by atoms with van der Waals surface area (Å²) < 4.78 is 12.9. The SMILES string of the molecule is [B]c1cc2c(cc1Sc1nc3c(N)ncnc3n1CCC(N)C1CC1)OCO2. The molecule has 0 amide bonds. The van der Waals surface area contributed by atoms with Gasteiger partial charge in [0.25, 0.3) is 0 Å². The highest BCUT2D eigenvalue weighted by molar-refractivity contribution is 7.99. The molecule has 1 unspecified atom stereocenters. The molecule has 1 aliphatic heterocycles. The smallest absolute Gasteiger partial charge is 0.231 e. The second-order valence-electron chi connectivity index (χ2n) is 7.11. The summed E-state index contributed by atoms with van der Waals surface area (Å²) in [5.41, 5.74) is 14.2. The standard InChI is InChI=1S/C18H19BN6O2S/c19-10-5-12-13(27-8-26-12)6-14(10)28-18-24-15-16(21)22-7-23-17(15)25(18)4-3-11(20)9-1-2-9/h5-7,9,11H,1-4,8,20H2,(H2,21,22,23). The number of aryl methyl sites for hydroxylation is 1. The highest BCUT2D eigenvalue weighted by Crippen LogP contribution is 2.38. The molecular formula is C18H19BN6O2S. The van der Waals surface area contributed by atoms with Gasteiger partial charge in [0.1, 0.15) is 14.2 Å². The van der Waals surface area contributed by atoms with Crippen LogP contribution < -0.4 is 26.4 Å². The van der Waals surface area contributed by atoms with E-state index in [1.807, 2.05) is 10.6 Å². The summed E-state index contributed by atoms with van der Waals surface area (Å²) >= 11 is 1.44. The third kappa shape index (κ3) is 3.16. The molecule has 2 aromatic heterocycles. The molecule has 3 heterocycles. The number of ether oxygens (including phenoxy) is 2. The van der Waals surface area contributed by atoms with Crippen molar-refractivity contribution < 1.29 is 9.47 Å². The van der Waals surface area contributed by atoms with E-state index in [0.717, 1.165) is 16.5 Å². The van der Waals surface area contributed by atoms with Gasteiger partial charge in [-0.15, -0.1) is 0 Å². The lowest BCUT2D eigenvalue weighted by Gasteiger charge is -2.13. The molecule has 2 radical (unpaired) electrons. The summed E-state index contributed by atoms with van der Waals surface area (Å²) in [6.45, 7) is 0.907. The molecule has 1 fully saturated rings. The molecule has 8 nitrogen and oxygen atoms in total. The Bertz CT molecular complexity index is 1050. The molecule has 4 N–H and O–H groups in total. The van der Waals surface area contributed by atoms with E-state index in [1.54, 1.807) is 6.07 Å². The van der Waals surface area contributed by atoms with Crippen LogP contribution in [-0.4, -0.2) is 40.2 Å². The molecule has 0 saturated heterocycles. The minimum Gasteiger partial charge on any atom is -0.454 e. The van der Waals surface area contributed by atoms with Gasteiger partial charge in [-0.2, -0.15) is 0 Å². The van der Waals surface area contributed by atoms with E-state index in [4.69, 9.17) is 28.8 Å². The van der Waals surface area contributed by atoms with Gasteiger partial charge < -0.3 is 25.5 Å². The van der Waals surface area contributed by atoms with Crippen molar-refractivity contribution in [1.29, 1.82) is 0 Å². The lowest BCUT2D eigenvalue weighted by atomic mass is 9.96. The Balaban J connectivity index is 1.51. The van der Waals surface area contributed by atoms with E-state index in [2.05, 4.69) is 15.0 Å². The second-order valence-corrected chi connectivity index (χ2v) is 8.12. The Labute approximate surface area is 167 Å². The largest absolute Gasteiger partial charge is 0.454 e. The molecular weight excluding hydrogens is 375 g/mol. The Morgan fingerprint density at radius 2 is 2.04 bits per heavy atom. The first-order valence-corrected chi connectivity index (χ1v) is 10.0. The van der Waals surface area contributed by atoms with Crippen molar-refractivity contribution in [1.82, 2.24) is 19.5 Å². The van der Waals surface area contributed by atoms with Crippen molar-refractivity contribution in [3.63, 3.8) is 0 Å². The molecule has 1 aliphatic carbocycles. The number of nitrogens with zero attached hydrogens (tertiary/aromatic N) is 4. The van der Waals surface area contributed by atoms with E-state index in [-0.39, 0.29) is 12.8 Å². The maximum absolute atomic E-state index is 6.31. The Morgan fingerprint density at radius 1 is 1.25 bits per heavy atom. The number of benzene rings is 1. The first-order chi connectivity index (χ1) is 13.6. The first kappa shape index (κ1) is 17.6. The van der Waals surface area contributed by atoms with Crippen LogP contribution >= 0.6 is 11.8 Å². The second kappa shape index (κ2) is 6.86. The molecule has 0 bridgehead atoms. The number of nitrogens with two attached hydrogens (primary N) is 2. The molecule has 10 heteroatoms. The molecule has 0 spiro atoms. The molecule has 3 aromatic rings. The minimum absolute atomic E-state index is 0.185. The van der Waals surface area contributed by atoms with Crippen LogP contribution in [0.4, 0.5) is 5.82 Å². The molecule has 1 aromatic carbocycles. The number of fused-ring (bicyclic) bond motifs is 2. The fourth-order valence-electron chi connectivity index (χ4n) is 3.38. The summed E-state index contributed by atoms with van der Waals surface area (Å²) in [6, 6.07) is 3.83. The van der Waals surface area contributed by atoms with E-state index < -0.39 is 0 Å². The summed E-state index contributed by atoms with van der Waals surface area (Å²) in [4.78, 5) is 14.0. The predicted molar refractivity (Wildman–Crippen MR) is 107 cm³/mol. The van der Waals surface area contributed by atoms with Crippen LogP contribution in [0.5, 0.6) is 11.5 Å². The number of rotatable bonds is 6. The van der Waals surface area contributed by atoms with E-state index >= 15 is 0 Å². The third-order valence-corrected chi connectivity index (χ3v) is 6.21. The van der Waals surface area contributed by atoms with E-state index in [9.17, 15) is 0 Å². The maximum atomic E-state index is 6.31.